The molecule has 2 heterocycles. The van der Waals surface area contributed by atoms with Crippen molar-refractivity contribution in [3.63, 3.8) is 0 Å². The first-order valence-corrected chi connectivity index (χ1v) is 7.06. The number of nitrogen functional groups attached to an aromatic ring is 1. The lowest BCUT2D eigenvalue weighted by Crippen LogP contribution is -2.14. The van der Waals surface area contributed by atoms with Gasteiger partial charge in [-0.15, -0.1) is 0 Å². The van der Waals surface area contributed by atoms with Gasteiger partial charge < -0.3 is 10.2 Å². The van der Waals surface area contributed by atoms with Crippen molar-refractivity contribution in [2.75, 3.05) is 0 Å². The fourth-order valence-corrected chi connectivity index (χ4v) is 3.27. The molecule has 0 unspecified atom stereocenters. The number of rotatable bonds is 3. The summed E-state index contributed by atoms with van der Waals surface area (Å²) < 4.78 is 5.30. The summed E-state index contributed by atoms with van der Waals surface area (Å²) in [5.41, 5.74) is 8.79. The summed E-state index contributed by atoms with van der Waals surface area (Å²) in [7, 11) is 0. The molecule has 4 nitrogen and oxygen atoms in total. The van der Waals surface area contributed by atoms with E-state index in [0.717, 1.165) is 46.2 Å². The van der Waals surface area contributed by atoms with Crippen LogP contribution in [0.25, 0.3) is 0 Å². The fourth-order valence-electron chi connectivity index (χ4n) is 2.31. The summed E-state index contributed by atoms with van der Waals surface area (Å²) in [5, 5.41) is 8.53. The lowest BCUT2D eigenvalue weighted by Gasteiger charge is -2.09. The highest BCUT2D eigenvalue weighted by Gasteiger charge is 2.19. The Morgan fingerprint density at radius 2 is 2.32 bits per heavy atom. The smallest absolute Gasteiger partial charge is 0.125 e. The predicted octanol–water partition coefficient (Wildman–Crippen LogP) is 2.91. The van der Waals surface area contributed by atoms with Gasteiger partial charge in [-0.05, 0) is 43.9 Å². The molecule has 0 saturated carbocycles. The lowest BCUT2D eigenvalue weighted by molar-refractivity contribution is 0.527. The van der Waals surface area contributed by atoms with Gasteiger partial charge in [-0.25, -0.2) is 4.98 Å². The van der Waals surface area contributed by atoms with Crippen molar-refractivity contribution in [1.29, 1.82) is 5.41 Å². The molecule has 1 aliphatic rings. The molecule has 0 spiro atoms. The van der Waals surface area contributed by atoms with E-state index >= 15 is 0 Å². The largest absolute Gasteiger partial charge is 0.468 e. The number of furan rings is 1. The van der Waals surface area contributed by atoms with Crippen molar-refractivity contribution in [1.82, 2.24) is 4.98 Å². The Morgan fingerprint density at radius 1 is 1.47 bits per heavy atom. The molecule has 98 valence electrons. The van der Waals surface area contributed by atoms with Crippen molar-refractivity contribution in [2.24, 2.45) is 5.73 Å². The van der Waals surface area contributed by atoms with E-state index in [1.165, 1.54) is 17.3 Å². The zero-order valence-corrected chi connectivity index (χ0v) is 11.5. The molecule has 1 aliphatic carbocycles. The van der Waals surface area contributed by atoms with Crippen LogP contribution in [0.15, 0.2) is 32.7 Å². The molecule has 0 amide bonds. The molecule has 0 saturated heterocycles. The first-order valence-electron chi connectivity index (χ1n) is 6.24. The minimum atomic E-state index is 0.0749. The number of nitrogens with zero attached hydrogens (tertiary/aromatic N) is 1. The van der Waals surface area contributed by atoms with Gasteiger partial charge in [0.15, 0.2) is 0 Å². The molecule has 0 fully saturated rings. The molecule has 19 heavy (non-hydrogen) atoms. The van der Waals surface area contributed by atoms with E-state index in [4.69, 9.17) is 20.5 Å². The minimum absolute atomic E-state index is 0.0749. The van der Waals surface area contributed by atoms with Crippen molar-refractivity contribution >= 4 is 17.6 Å². The third-order valence-electron chi connectivity index (χ3n) is 3.32. The Hall–Kier alpha value is -1.75. The van der Waals surface area contributed by atoms with Gasteiger partial charge in [0.25, 0.3) is 0 Å². The molecule has 3 N–H and O–H groups in total. The summed E-state index contributed by atoms with van der Waals surface area (Å²) in [6.45, 7) is 1.92. The van der Waals surface area contributed by atoms with E-state index in [2.05, 4.69) is 0 Å². The maximum Gasteiger partial charge on any atom is 0.125 e. The number of nitrogens with two attached hydrogens (primary N) is 1. The Balaban J connectivity index is 2.04. The van der Waals surface area contributed by atoms with Crippen LogP contribution in [-0.2, 0) is 12.8 Å². The molecule has 5 heteroatoms. The number of pyridine rings is 1. The topological polar surface area (TPSA) is 75.9 Å². The van der Waals surface area contributed by atoms with E-state index in [0.29, 0.717) is 0 Å². The second kappa shape index (κ2) is 4.74. The quantitative estimate of drug-likeness (QED) is 0.666. The number of amidine groups is 1. The molecule has 0 radical (unpaired) electrons. The molecular formula is C14H15N3OS. The summed E-state index contributed by atoms with van der Waals surface area (Å²) in [6, 6.07) is 3.94. The fraction of sp³-hybridized carbons (Fsp3) is 0.286. The molecule has 0 bridgehead atoms. The summed E-state index contributed by atoms with van der Waals surface area (Å²) in [6.07, 6.45) is 4.86. The van der Waals surface area contributed by atoms with Crippen LogP contribution in [-0.4, -0.2) is 10.8 Å². The van der Waals surface area contributed by atoms with E-state index in [9.17, 15) is 0 Å². The molecule has 0 aromatic carbocycles. The first-order chi connectivity index (χ1) is 9.15. The monoisotopic (exact) mass is 273 g/mol. The summed E-state index contributed by atoms with van der Waals surface area (Å²) in [4.78, 5) is 5.71. The molecule has 2 aromatic rings. The number of hydrogen-bond donors (Lipinski definition) is 2. The molecular weight excluding hydrogens is 258 g/mol. The summed E-state index contributed by atoms with van der Waals surface area (Å²) >= 11 is 1.52. The maximum absolute atomic E-state index is 7.72. The van der Waals surface area contributed by atoms with Crippen LogP contribution in [0.1, 0.15) is 29.0 Å². The van der Waals surface area contributed by atoms with Crippen molar-refractivity contribution in [3.05, 3.63) is 41.0 Å². The van der Waals surface area contributed by atoms with Crippen molar-refractivity contribution < 1.29 is 4.42 Å². The first kappa shape index (κ1) is 12.3. The Kier molecular flexibility index (Phi) is 3.06. The van der Waals surface area contributed by atoms with Crippen molar-refractivity contribution in [3.8, 4) is 0 Å². The molecule has 2 aromatic heterocycles. The average Bonchev–Trinajstić information content (AvgIpc) is 2.97. The second-order valence-electron chi connectivity index (χ2n) is 4.66. The Bertz CT molecular complexity index is 648. The van der Waals surface area contributed by atoms with Crippen LogP contribution >= 0.6 is 11.8 Å². The molecule has 0 atom stereocenters. The van der Waals surface area contributed by atoms with Gasteiger partial charge in [-0.3, -0.25) is 5.41 Å². The second-order valence-corrected chi connectivity index (χ2v) is 5.69. The highest BCUT2D eigenvalue weighted by Crippen LogP contribution is 2.34. The van der Waals surface area contributed by atoms with Gasteiger partial charge in [0.2, 0.25) is 0 Å². The van der Waals surface area contributed by atoms with Crippen LogP contribution in [0, 0.1) is 12.3 Å². The van der Waals surface area contributed by atoms with Gasteiger partial charge in [0, 0.05) is 11.3 Å². The van der Waals surface area contributed by atoms with Crippen molar-refractivity contribution in [2.45, 2.75) is 36.1 Å². The number of aryl methyl sites for hydroxylation is 3. The Labute approximate surface area is 115 Å². The third-order valence-corrected chi connectivity index (χ3v) is 4.47. The molecule has 0 aliphatic heterocycles. The predicted molar refractivity (Wildman–Crippen MR) is 74.8 cm³/mol. The average molecular weight is 273 g/mol. The van der Waals surface area contributed by atoms with Gasteiger partial charge in [-0.1, -0.05) is 11.8 Å². The minimum Gasteiger partial charge on any atom is -0.468 e. The zero-order chi connectivity index (χ0) is 13.4. The van der Waals surface area contributed by atoms with E-state index in [1.54, 1.807) is 6.26 Å². The summed E-state index contributed by atoms with van der Waals surface area (Å²) in [5.74, 6) is 0.938. The lowest BCUT2D eigenvalue weighted by atomic mass is 10.1. The highest BCUT2D eigenvalue weighted by molar-refractivity contribution is 7.99. The number of fused-ring (bicyclic) bond motifs is 1. The Morgan fingerprint density at radius 3 is 3.00 bits per heavy atom. The third kappa shape index (κ3) is 2.26. The number of aromatic nitrogens is 1. The highest BCUT2D eigenvalue weighted by atomic mass is 32.2. The SMILES string of the molecule is Cc1occc1Sc1nc2c(cc1C(=N)N)CCC2. The van der Waals surface area contributed by atoms with Gasteiger partial charge in [0.05, 0.1) is 11.2 Å². The van der Waals surface area contributed by atoms with Crippen LogP contribution < -0.4 is 5.73 Å². The van der Waals surface area contributed by atoms with E-state index in [1.807, 2.05) is 19.1 Å². The number of nitrogens with one attached hydrogen (secondary N) is 1. The van der Waals surface area contributed by atoms with Crippen LogP contribution in [0.2, 0.25) is 0 Å². The normalized spacial score (nSPS) is 13.5. The van der Waals surface area contributed by atoms with E-state index in [-0.39, 0.29) is 5.84 Å². The van der Waals surface area contributed by atoms with Crippen LogP contribution in [0.3, 0.4) is 0 Å². The van der Waals surface area contributed by atoms with Gasteiger partial charge in [0.1, 0.15) is 16.6 Å². The van der Waals surface area contributed by atoms with Gasteiger partial charge >= 0.3 is 0 Å². The maximum atomic E-state index is 7.72. The van der Waals surface area contributed by atoms with Crippen LogP contribution in [0.5, 0.6) is 0 Å². The molecule has 3 rings (SSSR count). The standard InChI is InChI=1S/C14H15N3OS/c1-8-12(5-6-18-8)19-14-10(13(15)16)7-9-3-2-4-11(9)17-14/h5-7H,2-4H2,1H3,(H3,15,16). The van der Waals surface area contributed by atoms with Crippen LogP contribution in [0.4, 0.5) is 0 Å². The van der Waals surface area contributed by atoms with Gasteiger partial charge in [-0.2, -0.15) is 0 Å². The van der Waals surface area contributed by atoms with E-state index < -0.39 is 0 Å². The zero-order valence-electron chi connectivity index (χ0n) is 10.7. The number of hydrogen-bond acceptors (Lipinski definition) is 4.